The van der Waals surface area contributed by atoms with Crippen LogP contribution in [0.1, 0.15) is 57.6 Å². The van der Waals surface area contributed by atoms with Crippen molar-refractivity contribution in [2.24, 2.45) is 5.92 Å². The minimum Gasteiger partial charge on any atom is -0.362 e. The van der Waals surface area contributed by atoms with Gasteiger partial charge in [-0.2, -0.15) is 0 Å². The van der Waals surface area contributed by atoms with Crippen LogP contribution in [0.25, 0.3) is 0 Å². The van der Waals surface area contributed by atoms with Crippen LogP contribution >= 0.6 is 12.2 Å². The summed E-state index contributed by atoms with van der Waals surface area (Å²) in [5, 5.41) is 6.23. The maximum absolute atomic E-state index is 12.2. The fourth-order valence-corrected chi connectivity index (χ4v) is 2.41. The molecule has 0 radical (unpaired) electrons. The van der Waals surface area contributed by atoms with Crippen LogP contribution in [-0.4, -0.2) is 17.6 Å². The van der Waals surface area contributed by atoms with Crippen LogP contribution in [0.15, 0.2) is 24.3 Å². The second kappa shape index (κ2) is 9.57. The summed E-state index contributed by atoms with van der Waals surface area (Å²) >= 11 is 5.14. The normalized spacial score (nSPS) is 12.0. The lowest BCUT2D eigenvalue weighted by atomic mass is 9.96. The maximum Gasteiger partial charge on any atom is 0.233 e. The molecule has 0 aromatic heterocycles. The van der Waals surface area contributed by atoms with E-state index in [1.807, 2.05) is 19.1 Å². The largest absolute Gasteiger partial charge is 0.362 e. The summed E-state index contributed by atoms with van der Waals surface area (Å²) in [5.41, 5.74) is 2.32. The van der Waals surface area contributed by atoms with Crippen molar-refractivity contribution < 1.29 is 4.79 Å². The Morgan fingerprint density at radius 2 is 1.82 bits per heavy atom. The van der Waals surface area contributed by atoms with Gasteiger partial charge in [0.15, 0.2) is 5.11 Å². The number of amides is 1. The Balaban J connectivity index is 2.53. The Hall–Kier alpha value is -1.42. The fourth-order valence-electron chi connectivity index (χ4n) is 2.21. The van der Waals surface area contributed by atoms with Crippen molar-refractivity contribution in [3.63, 3.8) is 0 Å². The highest BCUT2D eigenvalue weighted by molar-refractivity contribution is 7.80. The van der Waals surface area contributed by atoms with Crippen molar-refractivity contribution >= 4 is 23.2 Å². The Morgan fingerprint density at radius 3 is 2.36 bits per heavy atom. The van der Waals surface area contributed by atoms with E-state index in [-0.39, 0.29) is 11.8 Å². The summed E-state index contributed by atoms with van der Waals surface area (Å²) in [6.45, 7) is 9.23. The van der Waals surface area contributed by atoms with E-state index in [1.54, 1.807) is 0 Å². The lowest BCUT2D eigenvalue weighted by molar-refractivity contribution is -0.120. The number of carbonyl (C=O) groups excluding carboxylic acids is 1. The van der Waals surface area contributed by atoms with Crippen LogP contribution < -0.4 is 10.6 Å². The molecule has 1 amide bonds. The molecule has 122 valence electrons. The zero-order valence-corrected chi connectivity index (χ0v) is 14.9. The smallest absolute Gasteiger partial charge is 0.233 e. The third-order valence-electron chi connectivity index (χ3n) is 3.57. The molecule has 1 unspecified atom stereocenters. The lowest BCUT2D eigenvalue weighted by Gasteiger charge is -2.15. The van der Waals surface area contributed by atoms with Crippen molar-refractivity contribution in [1.82, 2.24) is 10.6 Å². The Bertz CT molecular complexity index is 482. The van der Waals surface area contributed by atoms with E-state index in [4.69, 9.17) is 12.2 Å². The average Bonchev–Trinajstić information content (AvgIpc) is 2.47. The summed E-state index contributed by atoms with van der Waals surface area (Å²) in [7, 11) is 0. The van der Waals surface area contributed by atoms with Crippen molar-refractivity contribution in [2.45, 2.75) is 52.9 Å². The minimum absolute atomic E-state index is 0.0643. The van der Waals surface area contributed by atoms with Crippen LogP contribution in [0.2, 0.25) is 0 Å². The molecule has 0 aliphatic heterocycles. The number of unbranched alkanes of at least 4 members (excludes halogenated alkanes) is 1. The first-order valence-corrected chi connectivity index (χ1v) is 8.52. The van der Waals surface area contributed by atoms with Gasteiger partial charge in [0, 0.05) is 6.54 Å². The van der Waals surface area contributed by atoms with Gasteiger partial charge in [0.2, 0.25) is 5.91 Å². The van der Waals surface area contributed by atoms with Crippen molar-refractivity contribution in [3.8, 4) is 0 Å². The summed E-state index contributed by atoms with van der Waals surface area (Å²) in [6.07, 6.45) is 3.21. The molecule has 0 spiro atoms. The highest BCUT2D eigenvalue weighted by Gasteiger charge is 2.16. The first kappa shape index (κ1) is 18.6. The first-order valence-electron chi connectivity index (χ1n) is 8.11. The molecule has 1 aromatic carbocycles. The van der Waals surface area contributed by atoms with E-state index in [0.29, 0.717) is 11.0 Å². The number of nitrogens with one attached hydrogen (secondary N) is 2. The summed E-state index contributed by atoms with van der Waals surface area (Å²) < 4.78 is 0. The molecular formula is C18H28N2OS. The summed E-state index contributed by atoms with van der Waals surface area (Å²) in [4.78, 5) is 12.2. The molecule has 1 aromatic rings. The van der Waals surface area contributed by atoms with E-state index in [0.717, 1.165) is 31.4 Å². The average molecular weight is 321 g/mol. The number of thiocarbonyl (C=S) groups is 1. The van der Waals surface area contributed by atoms with Gasteiger partial charge in [-0.1, -0.05) is 51.5 Å². The van der Waals surface area contributed by atoms with E-state index in [9.17, 15) is 4.79 Å². The number of carbonyl (C=O) groups is 1. The third-order valence-corrected chi connectivity index (χ3v) is 3.82. The van der Waals surface area contributed by atoms with Gasteiger partial charge in [-0.05, 0) is 49.0 Å². The van der Waals surface area contributed by atoms with E-state index in [2.05, 4.69) is 43.5 Å². The fraction of sp³-hybridized carbons (Fsp3) is 0.556. The van der Waals surface area contributed by atoms with Crippen LogP contribution in [0.4, 0.5) is 0 Å². The number of benzene rings is 1. The quantitative estimate of drug-likeness (QED) is 0.593. The highest BCUT2D eigenvalue weighted by atomic mass is 32.1. The van der Waals surface area contributed by atoms with Gasteiger partial charge in [-0.25, -0.2) is 0 Å². The molecule has 0 aliphatic rings. The molecular weight excluding hydrogens is 292 g/mol. The lowest BCUT2D eigenvalue weighted by Crippen LogP contribution is -2.41. The molecule has 0 saturated heterocycles. The van der Waals surface area contributed by atoms with E-state index in [1.165, 1.54) is 5.56 Å². The number of rotatable bonds is 7. The molecule has 0 aliphatic carbocycles. The van der Waals surface area contributed by atoms with Crippen LogP contribution in [0, 0.1) is 5.92 Å². The van der Waals surface area contributed by atoms with Gasteiger partial charge in [-0.3, -0.25) is 4.79 Å². The SMILES string of the molecule is CCCCNC(=S)NC(=O)C(C)c1ccc(CC(C)C)cc1. The van der Waals surface area contributed by atoms with Gasteiger partial charge in [-0.15, -0.1) is 0 Å². The molecule has 0 heterocycles. The molecule has 3 nitrogen and oxygen atoms in total. The Morgan fingerprint density at radius 1 is 1.18 bits per heavy atom. The van der Waals surface area contributed by atoms with Gasteiger partial charge in [0.1, 0.15) is 0 Å². The highest BCUT2D eigenvalue weighted by Crippen LogP contribution is 2.17. The van der Waals surface area contributed by atoms with Crippen LogP contribution in [0.3, 0.4) is 0 Å². The summed E-state index contributed by atoms with van der Waals surface area (Å²) in [6, 6.07) is 8.29. The Kier molecular flexibility index (Phi) is 8.10. The van der Waals surface area contributed by atoms with Crippen LogP contribution in [-0.2, 0) is 11.2 Å². The van der Waals surface area contributed by atoms with Crippen LogP contribution in [0.5, 0.6) is 0 Å². The monoisotopic (exact) mass is 320 g/mol. The molecule has 0 saturated carbocycles. The molecule has 2 N–H and O–H groups in total. The zero-order chi connectivity index (χ0) is 16.5. The number of hydrogen-bond acceptors (Lipinski definition) is 2. The predicted octanol–water partition coefficient (Wildman–Crippen LogP) is 3.78. The van der Waals surface area contributed by atoms with E-state index >= 15 is 0 Å². The second-order valence-electron chi connectivity index (χ2n) is 6.16. The molecule has 0 fully saturated rings. The van der Waals surface area contributed by atoms with Gasteiger partial charge in [0.05, 0.1) is 5.92 Å². The minimum atomic E-state index is -0.209. The van der Waals surface area contributed by atoms with Gasteiger partial charge >= 0.3 is 0 Å². The first-order chi connectivity index (χ1) is 10.4. The standard InChI is InChI=1S/C18H28N2OS/c1-5-6-11-19-18(22)20-17(21)14(4)16-9-7-15(8-10-16)12-13(2)3/h7-10,13-14H,5-6,11-12H2,1-4H3,(H2,19,20,21,22). The Labute approximate surface area is 139 Å². The molecule has 0 bridgehead atoms. The number of hydrogen-bond donors (Lipinski definition) is 2. The molecule has 4 heteroatoms. The van der Waals surface area contributed by atoms with Crippen molar-refractivity contribution in [3.05, 3.63) is 35.4 Å². The topological polar surface area (TPSA) is 41.1 Å². The molecule has 1 rings (SSSR count). The van der Waals surface area contributed by atoms with E-state index < -0.39 is 0 Å². The predicted molar refractivity (Wildman–Crippen MR) is 97.1 cm³/mol. The van der Waals surface area contributed by atoms with Crippen molar-refractivity contribution in [1.29, 1.82) is 0 Å². The molecule has 1 atom stereocenters. The van der Waals surface area contributed by atoms with Gasteiger partial charge < -0.3 is 10.6 Å². The van der Waals surface area contributed by atoms with Crippen molar-refractivity contribution in [2.75, 3.05) is 6.54 Å². The summed E-state index contributed by atoms with van der Waals surface area (Å²) in [5.74, 6) is 0.364. The van der Waals surface area contributed by atoms with Gasteiger partial charge in [0.25, 0.3) is 0 Å². The third kappa shape index (κ3) is 6.56. The zero-order valence-electron chi connectivity index (χ0n) is 14.1. The maximum atomic E-state index is 12.2. The molecule has 22 heavy (non-hydrogen) atoms. The second-order valence-corrected chi connectivity index (χ2v) is 6.57.